The molecule has 3 aromatic rings. The second kappa shape index (κ2) is 11.6. The van der Waals surface area contributed by atoms with Crippen molar-refractivity contribution in [2.75, 3.05) is 7.11 Å². The molecule has 0 fully saturated rings. The Hall–Kier alpha value is -2.74. The van der Waals surface area contributed by atoms with Crippen molar-refractivity contribution in [1.82, 2.24) is 20.2 Å². The van der Waals surface area contributed by atoms with E-state index in [-0.39, 0.29) is 17.8 Å². The number of aromatic nitrogens is 4. The van der Waals surface area contributed by atoms with Crippen molar-refractivity contribution in [1.29, 1.82) is 0 Å². The zero-order valence-electron chi connectivity index (χ0n) is 20.5. The third-order valence-electron chi connectivity index (χ3n) is 5.45. The standard InChI is InChI=1S/C26H33BrN4O3/c1-6-7-22(25(32)34-26(2,3)4)23(16-18-8-12-20(27)13-9-18)24-28-30-31(29-24)17-19-10-14-21(33-5)15-11-19/h8-15,22-23H,6-7,16-17H2,1-5H3/t22?,23-/m0/s1. The van der Waals surface area contributed by atoms with Gasteiger partial charge < -0.3 is 9.47 Å². The molecule has 2 atom stereocenters. The highest BCUT2D eigenvalue weighted by Crippen LogP contribution is 2.32. The highest BCUT2D eigenvalue weighted by molar-refractivity contribution is 9.10. The first-order chi connectivity index (χ1) is 16.2. The Bertz CT molecular complexity index is 1060. The van der Waals surface area contributed by atoms with Gasteiger partial charge >= 0.3 is 5.97 Å². The summed E-state index contributed by atoms with van der Waals surface area (Å²) in [7, 11) is 1.64. The van der Waals surface area contributed by atoms with Crippen LogP contribution >= 0.6 is 15.9 Å². The first-order valence-corrected chi connectivity index (χ1v) is 12.4. The Kier molecular flexibility index (Phi) is 8.83. The molecule has 0 aliphatic heterocycles. The van der Waals surface area contributed by atoms with Gasteiger partial charge in [0.1, 0.15) is 11.4 Å². The van der Waals surface area contributed by atoms with E-state index in [1.165, 1.54) is 0 Å². The lowest BCUT2D eigenvalue weighted by atomic mass is 9.83. The van der Waals surface area contributed by atoms with Crippen LogP contribution in [0.3, 0.4) is 0 Å². The van der Waals surface area contributed by atoms with E-state index in [2.05, 4.69) is 45.3 Å². The van der Waals surface area contributed by atoms with E-state index in [1.807, 2.05) is 57.2 Å². The van der Waals surface area contributed by atoms with Gasteiger partial charge in [0.25, 0.3) is 0 Å². The molecule has 0 aliphatic carbocycles. The summed E-state index contributed by atoms with van der Waals surface area (Å²) in [5.41, 5.74) is 1.57. The molecule has 3 rings (SSSR count). The zero-order valence-corrected chi connectivity index (χ0v) is 22.1. The Morgan fingerprint density at radius 3 is 2.29 bits per heavy atom. The predicted octanol–water partition coefficient (Wildman–Crippen LogP) is 5.58. The maximum Gasteiger partial charge on any atom is 0.310 e. The quantitative estimate of drug-likeness (QED) is 0.319. The van der Waals surface area contributed by atoms with Crippen molar-refractivity contribution >= 4 is 21.9 Å². The van der Waals surface area contributed by atoms with Gasteiger partial charge in [0.05, 0.1) is 19.6 Å². The summed E-state index contributed by atoms with van der Waals surface area (Å²) in [5.74, 6) is 0.515. The summed E-state index contributed by atoms with van der Waals surface area (Å²) in [4.78, 5) is 14.8. The zero-order chi connectivity index (χ0) is 24.7. The summed E-state index contributed by atoms with van der Waals surface area (Å²) in [6.45, 7) is 8.22. The topological polar surface area (TPSA) is 79.1 Å². The minimum atomic E-state index is -0.565. The largest absolute Gasteiger partial charge is 0.497 e. The Morgan fingerprint density at radius 2 is 1.71 bits per heavy atom. The molecule has 0 saturated carbocycles. The van der Waals surface area contributed by atoms with Crippen molar-refractivity contribution in [3.05, 3.63) is 70.0 Å². The van der Waals surface area contributed by atoms with Crippen LogP contribution in [0.1, 0.15) is 63.4 Å². The number of hydrogen-bond donors (Lipinski definition) is 0. The van der Waals surface area contributed by atoms with Gasteiger partial charge in [-0.2, -0.15) is 4.80 Å². The average molecular weight is 529 g/mol. The Morgan fingerprint density at radius 1 is 1.06 bits per heavy atom. The number of esters is 1. The first-order valence-electron chi connectivity index (χ1n) is 11.6. The van der Waals surface area contributed by atoms with Crippen LogP contribution in [0.4, 0.5) is 0 Å². The molecule has 34 heavy (non-hydrogen) atoms. The highest BCUT2D eigenvalue weighted by Gasteiger charge is 2.35. The number of methoxy groups -OCH3 is 1. The second-order valence-corrected chi connectivity index (χ2v) is 10.3. The number of tetrazole rings is 1. The minimum Gasteiger partial charge on any atom is -0.497 e. The van der Waals surface area contributed by atoms with Gasteiger partial charge in [0, 0.05) is 10.4 Å². The van der Waals surface area contributed by atoms with Crippen LogP contribution in [-0.2, 0) is 22.5 Å². The third-order valence-corrected chi connectivity index (χ3v) is 5.98. The van der Waals surface area contributed by atoms with Gasteiger partial charge in [0.2, 0.25) is 0 Å². The number of nitrogens with zero attached hydrogens (tertiary/aromatic N) is 4. The molecular weight excluding hydrogens is 496 g/mol. The van der Waals surface area contributed by atoms with Crippen molar-refractivity contribution in [3.8, 4) is 5.75 Å². The van der Waals surface area contributed by atoms with Gasteiger partial charge in [0.15, 0.2) is 5.82 Å². The molecule has 8 heteroatoms. The molecule has 0 bridgehead atoms. The number of ether oxygens (including phenoxy) is 2. The van der Waals surface area contributed by atoms with Crippen molar-refractivity contribution in [2.45, 2.75) is 65.0 Å². The fraction of sp³-hybridized carbons (Fsp3) is 0.462. The maximum absolute atomic E-state index is 13.2. The fourth-order valence-corrected chi connectivity index (χ4v) is 4.09. The molecule has 0 radical (unpaired) electrons. The third kappa shape index (κ3) is 7.38. The highest BCUT2D eigenvalue weighted by atomic mass is 79.9. The van der Waals surface area contributed by atoms with E-state index in [0.29, 0.717) is 25.2 Å². The van der Waals surface area contributed by atoms with Crippen molar-refractivity contribution in [2.24, 2.45) is 5.92 Å². The predicted molar refractivity (Wildman–Crippen MR) is 135 cm³/mol. The van der Waals surface area contributed by atoms with E-state index < -0.39 is 5.60 Å². The second-order valence-electron chi connectivity index (χ2n) is 9.39. The molecule has 1 unspecified atom stereocenters. The maximum atomic E-state index is 13.2. The molecule has 0 spiro atoms. The van der Waals surface area contributed by atoms with Gasteiger partial charge in [-0.05, 0) is 74.2 Å². The molecule has 0 amide bonds. The average Bonchev–Trinajstić information content (AvgIpc) is 3.25. The van der Waals surface area contributed by atoms with Crippen LogP contribution in [0.2, 0.25) is 0 Å². The smallest absolute Gasteiger partial charge is 0.310 e. The Labute approximate surface area is 210 Å². The van der Waals surface area contributed by atoms with E-state index in [4.69, 9.17) is 14.6 Å². The molecule has 1 heterocycles. The van der Waals surface area contributed by atoms with Gasteiger partial charge in [-0.15, -0.1) is 10.2 Å². The monoisotopic (exact) mass is 528 g/mol. The number of carbonyl (C=O) groups is 1. The number of benzene rings is 2. The van der Waals surface area contributed by atoms with E-state index in [1.54, 1.807) is 11.9 Å². The van der Waals surface area contributed by atoms with E-state index in [9.17, 15) is 4.79 Å². The summed E-state index contributed by atoms with van der Waals surface area (Å²) >= 11 is 3.49. The lowest BCUT2D eigenvalue weighted by Crippen LogP contribution is -2.33. The minimum absolute atomic E-state index is 0.219. The van der Waals surface area contributed by atoms with Crippen LogP contribution in [0.25, 0.3) is 0 Å². The molecule has 2 aromatic carbocycles. The number of carbonyl (C=O) groups excluding carboxylic acids is 1. The van der Waals surface area contributed by atoms with Crippen LogP contribution in [-0.4, -0.2) is 38.9 Å². The van der Waals surface area contributed by atoms with Crippen LogP contribution in [0.5, 0.6) is 5.75 Å². The van der Waals surface area contributed by atoms with Gasteiger partial charge in [-0.25, -0.2) is 0 Å². The Balaban J connectivity index is 1.90. The van der Waals surface area contributed by atoms with Crippen LogP contribution < -0.4 is 4.74 Å². The number of hydrogen-bond acceptors (Lipinski definition) is 6. The molecule has 0 saturated heterocycles. The normalized spacial score (nSPS) is 13.4. The van der Waals surface area contributed by atoms with Crippen LogP contribution in [0, 0.1) is 5.92 Å². The van der Waals surface area contributed by atoms with Gasteiger partial charge in [-0.1, -0.05) is 53.5 Å². The summed E-state index contributed by atoms with van der Waals surface area (Å²) in [6, 6.07) is 15.9. The van der Waals surface area contributed by atoms with Crippen molar-refractivity contribution < 1.29 is 14.3 Å². The lowest BCUT2D eigenvalue weighted by Gasteiger charge is -2.28. The van der Waals surface area contributed by atoms with Crippen LogP contribution in [0.15, 0.2) is 53.0 Å². The SMILES string of the molecule is CCCC(C(=O)OC(C)(C)C)[C@H](Cc1ccc(Br)cc1)c1nnn(Cc2ccc(OC)cc2)n1. The molecule has 0 aliphatic rings. The first kappa shape index (κ1) is 25.9. The molecule has 7 nitrogen and oxygen atoms in total. The van der Waals surface area contributed by atoms with Gasteiger partial charge in [-0.3, -0.25) is 4.79 Å². The van der Waals surface area contributed by atoms with E-state index >= 15 is 0 Å². The fourth-order valence-electron chi connectivity index (χ4n) is 3.82. The number of halogens is 1. The summed E-state index contributed by atoms with van der Waals surface area (Å²) in [6.07, 6.45) is 2.15. The summed E-state index contributed by atoms with van der Waals surface area (Å²) < 4.78 is 12.0. The molecular formula is C26H33BrN4O3. The lowest BCUT2D eigenvalue weighted by molar-refractivity contribution is -0.161. The number of rotatable bonds is 10. The van der Waals surface area contributed by atoms with E-state index in [0.717, 1.165) is 27.8 Å². The molecule has 0 N–H and O–H groups in total. The van der Waals surface area contributed by atoms with Crippen molar-refractivity contribution in [3.63, 3.8) is 0 Å². The summed E-state index contributed by atoms with van der Waals surface area (Å²) in [5, 5.41) is 13.4. The molecule has 1 aromatic heterocycles. The molecule has 182 valence electrons.